The molecule has 0 saturated heterocycles. The summed E-state index contributed by atoms with van der Waals surface area (Å²) in [6.45, 7) is 6.04. The van der Waals surface area contributed by atoms with Gasteiger partial charge >= 0.3 is 0 Å². The zero-order valence-electron chi connectivity index (χ0n) is 6.76. The van der Waals surface area contributed by atoms with Crippen molar-refractivity contribution in [3.05, 3.63) is 23.3 Å². The Bertz CT molecular complexity index is 172. The minimum Gasteiger partial charge on any atom is -0.323 e. The third-order valence-electron chi connectivity index (χ3n) is 0.958. The SMILES string of the molecule is CC(C)=C/C=C(C)/C=N/N. The number of hydrogen-bond acceptors (Lipinski definition) is 2. The summed E-state index contributed by atoms with van der Waals surface area (Å²) in [5.41, 5.74) is 2.33. The van der Waals surface area contributed by atoms with Gasteiger partial charge in [0.2, 0.25) is 0 Å². The average Bonchev–Trinajstić information content (AvgIpc) is 1.85. The van der Waals surface area contributed by atoms with Crippen molar-refractivity contribution in [1.82, 2.24) is 0 Å². The molecule has 0 atom stereocenters. The van der Waals surface area contributed by atoms with Crippen molar-refractivity contribution < 1.29 is 0 Å². The van der Waals surface area contributed by atoms with Crippen LogP contribution in [-0.2, 0) is 0 Å². The highest BCUT2D eigenvalue weighted by atomic mass is 15.1. The predicted molar refractivity (Wildman–Crippen MR) is 45.9 cm³/mol. The molecule has 0 amide bonds. The standard InChI is InChI=1S/C8H14N2/c1-7(2)4-5-8(3)6-10-9/h4-6H,9H2,1-3H3/b8-5+,10-6+. The Kier molecular flexibility index (Phi) is 4.29. The first-order valence-electron chi connectivity index (χ1n) is 3.22. The molecule has 0 radical (unpaired) electrons. The molecule has 0 aliphatic heterocycles. The third-order valence-corrected chi connectivity index (χ3v) is 0.958. The third kappa shape index (κ3) is 5.09. The van der Waals surface area contributed by atoms with Crippen LogP contribution in [0.4, 0.5) is 0 Å². The molecular weight excluding hydrogens is 124 g/mol. The van der Waals surface area contributed by atoms with Gasteiger partial charge in [0.25, 0.3) is 0 Å². The van der Waals surface area contributed by atoms with Crippen LogP contribution in [0.15, 0.2) is 28.4 Å². The number of allylic oxidation sites excluding steroid dienone is 4. The molecule has 0 unspecified atom stereocenters. The first-order valence-corrected chi connectivity index (χ1v) is 3.22. The molecule has 0 saturated carbocycles. The highest BCUT2D eigenvalue weighted by Gasteiger charge is 1.77. The summed E-state index contributed by atoms with van der Waals surface area (Å²) >= 11 is 0. The maximum atomic E-state index is 4.94. The topological polar surface area (TPSA) is 38.4 Å². The lowest BCUT2D eigenvalue weighted by Crippen LogP contribution is -1.83. The summed E-state index contributed by atoms with van der Waals surface area (Å²) in [5.74, 6) is 4.94. The molecule has 0 aliphatic rings. The van der Waals surface area contributed by atoms with Crippen molar-refractivity contribution in [3.63, 3.8) is 0 Å². The molecule has 2 nitrogen and oxygen atoms in total. The Morgan fingerprint density at radius 1 is 1.20 bits per heavy atom. The molecule has 10 heavy (non-hydrogen) atoms. The van der Waals surface area contributed by atoms with Crippen molar-refractivity contribution in [2.45, 2.75) is 20.8 Å². The van der Waals surface area contributed by atoms with Gasteiger partial charge in [-0.2, -0.15) is 5.10 Å². The number of hydrogen-bond donors (Lipinski definition) is 1. The second-order valence-corrected chi connectivity index (χ2v) is 2.43. The van der Waals surface area contributed by atoms with E-state index in [1.165, 1.54) is 5.57 Å². The minimum atomic E-state index is 1.06. The molecule has 0 aromatic rings. The van der Waals surface area contributed by atoms with Gasteiger partial charge in [-0.15, -0.1) is 0 Å². The van der Waals surface area contributed by atoms with Gasteiger partial charge < -0.3 is 5.84 Å². The van der Waals surface area contributed by atoms with Crippen LogP contribution < -0.4 is 5.84 Å². The van der Waals surface area contributed by atoms with Crippen LogP contribution in [0.5, 0.6) is 0 Å². The van der Waals surface area contributed by atoms with Gasteiger partial charge in [0, 0.05) is 6.21 Å². The first-order chi connectivity index (χ1) is 4.66. The van der Waals surface area contributed by atoms with Crippen LogP contribution in [0.2, 0.25) is 0 Å². The lowest BCUT2D eigenvalue weighted by atomic mass is 10.2. The van der Waals surface area contributed by atoms with Gasteiger partial charge in [-0.3, -0.25) is 0 Å². The molecule has 0 spiro atoms. The largest absolute Gasteiger partial charge is 0.323 e. The Labute approximate surface area is 62.1 Å². The van der Waals surface area contributed by atoms with Gasteiger partial charge in [0.1, 0.15) is 0 Å². The molecule has 2 N–H and O–H groups in total. The van der Waals surface area contributed by atoms with Crippen molar-refractivity contribution in [2.75, 3.05) is 0 Å². The van der Waals surface area contributed by atoms with E-state index in [1.807, 2.05) is 32.9 Å². The lowest BCUT2D eigenvalue weighted by Gasteiger charge is -1.86. The molecule has 0 aromatic heterocycles. The van der Waals surface area contributed by atoms with E-state index in [1.54, 1.807) is 6.21 Å². The summed E-state index contributed by atoms with van der Waals surface area (Å²) in [4.78, 5) is 0. The Morgan fingerprint density at radius 3 is 2.20 bits per heavy atom. The smallest absolute Gasteiger partial charge is 0.0494 e. The Morgan fingerprint density at radius 2 is 1.80 bits per heavy atom. The Balaban J connectivity index is 4.05. The van der Waals surface area contributed by atoms with E-state index in [0.29, 0.717) is 0 Å². The van der Waals surface area contributed by atoms with Crippen molar-refractivity contribution in [2.24, 2.45) is 10.9 Å². The van der Waals surface area contributed by atoms with Crippen molar-refractivity contribution >= 4 is 6.21 Å². The van der Waals surface area contributed by atoms with Gasteiger partial charge in [0.15, 0.2) is 0 Å². The van der Waals surface area contributed by atoms with Crippen molar-refractivity contribution in [1.29, 1.82) is 0 Å². The normalized spacial score (nSPS) is 12.1. The van der Waals surface area contributed by atoms with Crippen LogP contribution in [0, 0.1) is 0 Å². The molecule has 0 aliphatic carbocycles. The quantitative estimate of drug-likeness (QED) is 0.269. The zero-order valence-corrected chi connectivity index (χ0v) is 6.76. The highest BCUT2D eigenvalue weighted by Crippen LogP contribution is 1.93. The number of hydrazone groups is 1. The van der Waals surface area contributed by atoms with E-state index in [2.05, 4.69) is 5.10 Å². The summed E-state index contributed by atoms with van der Waals surface area (Å²) < 4.78 is 0. The van der Waals surface area contributed by atoms with E-state index >= 15 is 0 Å². The molecule has 56 valence electrons. The first kappa shape index (κ1) is 8.95. The molecule has 0 heterocycles. The molecule has 0 bridgehead atoms. The van der Waals surface area contributed by atoms with Crippen LogP contribution in [0.3, 0.4) is 0 Å². The van der Waals surface area contributed by atoms with E-state index in [4.69, 9.17) is 5.84 Å². The monoisotopic (exact) mass is 138 g/mol. The fourth-order valence-corrected chi connectivity index (χ4v) is 0.459. The summed E-state index contributed by atoms with van der Waals surface area (Å²) in [6, 6.07) is 0. The van der Waals surface area contributed by atoms with E-state index in [-0.39, 0.29) is 0 Å². The van der Waals surface area contributed by atoms with Crippen LogP contribution >= 0.6 is 0 Å². The summed E-state index contributed by atoms with van der Waals surface area (Å²) in [6.07, 6.45) is 5.63. The second kappa shape index (κ2) is 4.79. The molecule has 0 fully saturated rings. The maximum absolute atomic E-state index is 4.94. The number of nitrogens with zero attached hydrogens (tertiary/aromatic N) is 1. The van der Waals surface area contributed by atoms with Crippen LogP contribution in [0.1, 0.15) is 20.8 Å². The molecular formula is C8H14N2. The zero-order chi connectivity index (χ0) is 7.98. The maximum Gasteiger partial charge on any atom is 0.0494 e. The van der Waals surface area contributed by atoms with Gasteiger partial charge in [0.05, 0.1) is 0 Å². The Hall–Kier alpha value is -1.05. The second-order valence-electron chi connectivity index (χ2n) is 2.43. The summed E-state index contributed by atoms with van der Waals surface area (Å²) in [7, 11) is 0. The number of rotatable bonds is 2. The van der Waals surface area contributed by atoms with Crippen molar-refractivity contribution in [3.8, 4) is 0 Å². The lowest BCUT2D eigenvalue weighted by molar-refractivity contribution is 1.26. The summed E-state index contributed by atoms with van der Waals surface area (Å²) in [5, 5.41) is 3.39. The average molecular weight is 138 g/mol. The van der Waals surface area contributed by atoms with E-state index in [0.717, 1.165) is 5.57 Å². The highest BCUT2D eigenvalue weighted by molar-refractivity contribution is 5.77. The fourth-order valence-electron chi connectivity index (χ4n) is 0.459. The van der Waals surface area contributed by atoms with E-state index in [9.17, 15) is 0 Å². The van der Waals surface area contributed by atoms with Gasteiger partial charge in [-0.05, 0) is 26.3 Å². The fraction of sp³-hybridized carbons (Fsp3) is 0.375. The molecule has 0 aromatic carbocycles. The minimum absolute atomic E-state index is 1.06. The predicted octanol–water partition coefficient (Wildman–Crippen LogP) is 1.84. The van der Waals surface area contributed by atoms with Gasteiger partial charge in [-0.1, -0.05) is 17.7 Å². The van der Waals surface area contributed by atoms with Crippen LogP contribution in [-0.4, -0.2) is 6.21 Å². The van der Waals surface area contributed by atoms with Gasteiger partial charge in [-0.25, -0.2) is 0 Å². The number of nitrogens with two attached hydrogens (primary N) is 1. The van der Waals surface area contributed by atoms with Crippen LogP contribution in [0.25, 0.3) is 0 Å². The van der Waals surface area contributed by atoms with E-state index < -0.39 is 0 Å². The molecule has 2 heteroatoms. The molecule has 0 rings (SSSR count).